The van der Waals surface area contributed by atoms with Crippen molar-refractivity contribution in [3.8, 4) is 79.5 Å². The van der Waals surface area contributed by atoms with E-state index < -0.39 is 5.82 Å². The minimum absolute atomic E-state index is 0.216. The van der Waals surface area contributed by atoms with E-state index >= 15 is 4.39 Å². The number of nitrogens with zero attached hydrogens (tertiary/aromatic N) is 6. The highest BCUT2D eigenvalue weighted by atomic mass is 19.1. The standard InChI is InChI=1S/C43H27FN6/c44-37-24-23-31(26-36(37)43-48-38(27-13-4-1-5-14-27)45-39(49-43)28-15-6-2-7-16-28)41-46-40(29-17-8-3-9-18-29)47-42(50-41)34-22-12-21-33-32-20-11-10-19-30(32)25-35(33)34/h1-24,26H,25H2. The fraction of sp³-hybridized carbons (Fsp3) is 0.0233. The maximum atomic E-state index is 15.9. The fourth-order valence-corrected chi connectivity index (χ4v) is 6.47. The van der Waals surface area contributed by atoms with Crippen LogP contribution in [-0.2, 0) is 6.42 Å². The molecule has 0 bridgehead atoms. The van der Waals surface area contributed by atoms with Crippen LogP contribution in [0.3, 0.4) is 0 Å². The summed E-state index contributed by atoms with van der Waals surface area (Å²) in [5.41, 5.74) is 9.10. The van der Waals surface area contributed by atoms with Crippen molar-refractivity contribution in [2.75, 3.05) is 0 Å². The summed E-state index contributed by atoms with van der Waals surface area (Å²) in [6.07, 6.45) is 0.789. The third-order valence-corrected chi connectivity index (χ3v) is 8.92. The minimum Gasteiger partial charge on any atom is -0.208 e. The van der Waals surface area contributed by atoms with Gasteiger partial charge >= 0.3 is 0 Å². The smallest absolute Gasteiger partial charge is 0.167 e. The van der Waals surface area contributed by atoms with E-state index in [0.717, 1.165) is 28.7 Å². The molecule has 0 saturated carbocycles. The summed E-state index contributed by atoms with van der Waals surface area (Å²) in [5.74, 6) is 2.16. The van der Waals surface area contributed by atoms with Gasteiger partial charge in [0.15, 0.2) is 34.9 Å². The van der Waals surface area contributed by atoms with Crippen LogP contribution in [0.5, 0.6) is 0 Å². The van der Waals surface area contributed by atoms with E-state index in [2.05, 4.69) is 36.4 Å². The first-order chi connectivity index (χ1) is 24.7. The van der Waals surface area contributed by atoms with Crippen LogP contribution in [0.2, 0.25) is 0 Å². The molecule has 0 radical (unpaired) electrons. The Balaban J connectivity index is 1.21. The molecule has 2 aromatic heterocycles. The van der Waals surface area contributed by atoms with Gasteiger partial charge in [0.05, 0.1) is 5.56 Å². The quantitative estimate of drug-likeness (QED) is 0.179. The molecule has 0 aliphatic heterocycles. The van der Waals surface area contributed by atoms with E-state index in [1.54, 1.807) is 12.1 Å². The average molecular weight is 647 g/mol. The highest BCUT2D eigenvalue weighted by Gasteiger charge is 2.24. The van der Waals surface area contributed by atoms with Gasteiger partial charge in [0, 0.05) is 27.8 Å². The van der Waals surface area contributed by atoms with Gasteiger partial charge in [0.1, 0.15) is 5.82 Å². The number of halogens is 1. The van der Waals surface area contributed by atoms with Gasteiger partial charge in [-0.25, -0.2) is 34.3 Å². The van der Waals surface area contributed by atoms with Crippen LogP contribution in [0, 0.1) is 5.82 Å². The first-order valence-electron chi connectivity index (χ1n) is 16.4. The maximum Gasteiger partial charge on any atom is 0.167 e. The van der Waals surface area contributed by atoms with Crippen molar-refractivity contribution in [2.24, 2.45) is 0 Å². The SMILES string of the molecule is Fc1ccc(-c2nc(-c3ccccc3)nc(-c3cccc4c3Cc3ccccc3-4)n2)cc1-c1nc(-c2ccccc2)nc(-c2ccccc2)n1. The van der Waals surface area contributed by atoms with E-state index in [1.165, 1.54) is 28.3 Å². The van der Waals surface area contributed by atoms with Crippen molar-refractivity contribution < 1.29 is 4.39 Å². The van der Waals surface area contributed by atoms with Crippen molar-refractivity contribution in [2.45, 2.75) is 6.42 Å². The molecular weight excluding hydrogens is 620 g/mol. The number of benzene rings is 6. The van der Waals surface area contributed by atoms with E-state index in [4.69, 9.17) is 29.9 Å². The summed E-state index contributed by atoms with van der Waals surface area (Å²) in [5, 5.41) is 0. The zero-order valence-corrected chi connectivity index (χ0v) is 26.7. The molecule has 2 heterocycles. The number of hydrogen-bond donors (Lipinski definition) is 0. The molecule has 0 saturated heterocycles. The fourth-order valence-electron chi connectivity index (χ4n) is 6.47. The molecule has 0 fully saturated rings. The lowest BCUT2D eigenvalue weighted by Gasteiger charge is -2.12. The van der Waals surface area contributed by atoms with Crippen molar-refractivity contribution >= 4 is 0 Å². The van der Waals surface area contributed by atoms with Gasteiger partial charge in [-0.3, -0.25) is 0 Å². The molecule has 1 aliphatic rings. The van der Waals surface area contributed by atoms with E-state index in [0.29, 0.717) is 34.7 Å². The Morgan fingerprint density at radius 1 is 0.340 bits per heavy atom. The molecule has 9 rings (SSSR count). The van der Waals surface area contributed by atoms with Crippen LogP contribution in [0.25, 0.3) is 79.5 Å². The second-order valence-corrected chi connectivity index (χ2v) is 12.1. The molecule has 6 nitrogen and oxygen atoms in total. The predicted molar refractivity (Wildman–Crippen MR) is 194 cm³/mol. The third kappa shape index (κ3) is 5.41. The molecule has 8 aromatic rings. The van der Waals surface area contributed by atoms with Gasteiger partial charge in [0.25, 0.3) is 0 Å². The van der Waals surface area contributed by atoms with Crippen LogP contribution in [0.15, 0.2) is 152 Å². The molecule has 0 amide bonds. The number of aromatic nitrogens is 6. The van der Waals surface area contributed by atoms with Gasteiger partial charge in [0.2, 0.25) is 0 Å². The second-order valence-electron chi connectivity index (χ2n) is 12.1. The number of hydrogen-bond acceptors (Lipinski definition) is 6. The zero-order valence-electron chi connectivity index (χ0n) is 26.7. The highest BCUT2D eigenvalue weighted by Crippen LogP contribution is 2.41. The van der Waals surface area contributed by atoms with Crippen molar-refractivity contribution in [1.82, 2.24) is 29.9 Å². The maximum absolute atomic E-state index is 15.9. The lowest BCUT2D eigenvalue weighted by atomic mass is 10.0. The second kappa shape index (κ2) is 12.4. The van der Waals surface area contributed by atoms with E-state index in [-0.39, 0.29) is 11.4 Å². The number of rotatable bonds is 6. The predicted octanol–water partition coefficient (Wildman–Crippen LogP) is 9.77. The van der Waals surface area contributed by atoms with E-state index in [9.17, 15) is 0 Å². The van der Waals surface area contributed by atoms with Crippen molar-refractivity contribution in [1.29, 1.82) is 0 Å². The van der Waals surface area contributed by atoms with E-state index in [1.807, 2.05) is 97.1 Å². The van der Waals surface area contributed by atoms with Gasteiger partial charge in [-0.1, -0.05) is 133 Å². The Morgan fingerprint density at radius 3 is 1.36 bits per heavy atom. The molecule has 50 heavy (non-hydrogen) atoms. The molecule has 0 N–H and O–H groups in total. The summed E-state index contributed by atoms with van der Waals surface area (Å²) in [7, 11) is 0. The van der Waals surface area contributed by atoms with Gasteiger partial charge in [-0.2, -0.15) is 0 Å². The topological polar surface area (TPSA) is 77.3 Å². The Hall–Kier alpha value is -6.73. The largest absolute Gasteiger partial charge is 0.208 e. The Morgan fingerprint density at radius 2 is 0.780 bits per heavy atom. The monoisotopic (exact) mass is 646 g/mol. The Labute approximate surface area is 288 Å². The van der Waals surface area contributed by atoms with Crippen LogP contribution in [0.1, 0.15) is 11.1 Å². The third-order valence-electron chi connectivity index (χ3n) is 8.92. The molecule has 236 valence electrons. The van der Waals surface area contributed by atoms with Crippen LogP contribution in [0.4, 0.5) is 4.39 Å². The van der Waals surface area contributed by atoms with Crippen molar-refractivity contribution in [3.63, 3.8) is 0 Å². The van der Waals surface area contributed by atoms with Gasteiger partial charge < -0.3 is 0 Å². The highest BCUT2D eigenvalue weighted by molar-refractivity contribution is 5.84. The first-order valence-corrected chi connectivity index (χ1v) is 16.4. The first kappa shape index (κ1) is 29.4. The van der Waals surface area contributed by atoms with Crippen molar-refractivity contribution in [3.05, 3.63) is 169 Å². The Bertz CT molecular complexity index is 2460. The zero-order chi connectivity index (χ0) is 33.4. The summed E-state index contributed by atoms with van der Waals surface area (Å²) >= 11 is 0. The lowest BCUT2D eigenvalue weighted by molar-refractivity contribution is 0.630. The van der Waals surface area contributed by atoms with Crippen LogP contribution in [-0.4, -0.2) is 29.9 Å². The molecule has 0 spiro atoms. The normalized spacial score (nSPS) is 11.6. The van der Waals surface area contributed by atoms with Crippen LogP contribution >= 0.6 is 0 Å². The Kier molecular flexibility index (Phi) is 7.28. The summed E-state index contributed by atoms with van der Waals surface area (Å²) in [6.45, 7) is 0. The molecule has 0 atom stereocenters. The minimum atomic E-state index is -0.464. The molecule has 7 heteroatoms. The summed E-state index contributed by atoms with van der Waals surface area (Å²) in [4.78, 5) is 29.3. The summed E-state index contributed by atoms with van der Waals surface area (Å²) in [6, 6.07) is 48.7. The lowest BCUT2D eigenvalue weighted by Crippen LogP contribution is -2.03. The molecule has 1 aliphatic carbocycles. The molecule has 0 unspecified atom stereocenters. The molecular formula is C43H27FN6. The van der Waals surface area contributed by atoms with Gasteiger partial charge in [-0.05, 0) is 46.9 Å². The number of fused-ring (bicyclic) bond motifs is 3. The average Bonchev–Trinajstić information content (AvgIpc) is 3.58. The van der Waals surface area contributed by atoms with Crippen LogP contribution < -0.4 is 0 Å². The molecule has 6 aromatic carbocycles. The summed E-state index contributed by atoms with van der Waals surface area (Å²) < 4.78 is 15.9. The van der Waals surface area contributed by atoms with Gasteiger partial charge in [-0.15, -0.1) is 0 Å².